The summed E-state index contributed by atoms with van der Waals surface area (Å²) in [7, 11) is 0. The quantitative estimate of drug-likeness (QED) is 0.265. The molecule has 0 bridgehead atoms. The van der Waals surface area contributed by atoms with E-state index in [1.54, 1.807) is 28.8 Å². The summed E-state index contributed by atoms with van der Waals surface area (Å²) in [6.07, 6.45) is 4.62. The van der Waals surface area contributed by atoms with Gasteiger partial charge in [-0.05, 0) is 83.3 Å². The number of nitro groups is 1. The normalized spacial score (nSPS) is 11.2. The van der Waals surface area contributed by atoms with Crippen LogP contribution in [0, 0.1) is 17.0 Å². The minimum absolute atomic E-state index is 0.142. The summed E-state index contributed by atoms with van der Waals surface area (Å²) < 4.78 is 3.96. The fourth-order valence-electron chi connectivity index (χ4n) is 3.86. The maximum atomic E-state index is 10.8. The van der Waals surface area contributed by atoms with Crippen molar-refractivity contribution in [2.75, 3.05) is 0 Å². The second kappa shape index (κ2) is 7.90. The van der Waals surface area contributed by atoms with Crippen LogP contribution in [0.3, 0.4) is 0 Å². The molecule has 2 N–H and O–H groups in total. The van der Waals surface area contributed by atoms with Gasteiger partial charge in [-0.1, -0.05) is 0 Å². The zero-order valence-electron chi connectivity index (χ0n) is 16.5. The van der Waals surface area contributed by atoms with Gasteiger partial charge in [0.25, 0.3) is 0 Å². The molecule has 0 unspecified atom stereocenters. The fraction of sp³-hybridized carbons (Fsp3) is 0.227. The van der Waals surface area contributed by atoms with Gasteiger partial charge in [-0.3, -0.25) is 0 Å². The topological polar surface area (TPSA) is 106 Å². The standard InChI is InChI=1S/C22H22N4O4/c1-15-19-12-18(28)8-9-20(19)25(22(15)16-4-6-17(27)7-5-16)11-3-2-10-24-13-21(23-14-24)26(29)30/h4-9,12-14,27-28H,2-3,10-11H2,1H3. The second-order valence-electron chi connectivity index (χ2n) is 7.31. The Hall–Kier alpha value is -3.81. The first-order valence-corrected chi connectivity index (χ1v) is 9.71. The fourth-order valence-corrected chi connectivity index (χ4v) is 3.86. The molecule has 0 aliphatic carbocycles. The lowest BCUT2D eigenvalue weighted by Crippen LogP contribution is -2.03. The van der Waals surface area contributed by atoms with E-state index in [-0.39, 0.29) is 17.3 Å². The Morgan fingerprint density at radius 1 is 1.03 bits per heavy atom. The maximum absolute atomic E-state index is 10.8. The summed E-state index contributed by atoms with van der Waals surface area (Å²) in [5, 5.41) is 31.3. The maximum Gasteiger partial charge on any atom is 0.381 e. The van der Waals surface area contributed by atoms with Crippen LogP contribution in [0.4, 0.5) is 5.82 Å². The van der Waals surface area contributed by atoms with E-state index < -0.39 is 4.92 Å². The zero-order chi connectivity index (χ0) is 21.3. The molecule has 30 heavy (non-hydrogen) atoms. The van der Waals surface area contributed by atoms with Gasteiger partial charge in [0, 0.05) is 24.0 Å². The van der Waals surface area contributed by atoms with Crippen LogP contribution in [0.25, 0.3) is 22.2 Å². The van der Waals surface area contributed by atoms with E-state index in [1.807, 2.05) is 25.1 Å². The van der Waals surface area contributed by atoms with Crippen molar-refractivity contribution < 1.29 is 15.1 Å². The Morgan fingerprint density at radius 3 is 2.43 bits per heavy atom. The number of imidazole rings is 1. The second-order valence-corrected chi connectivity index (χ2v) is 7.31. The van der Waals surface area contributed by atoms with Gasteiger partial charge in [-0.2, -0.15) is 0 Å². The summed E-state index contributed by atoms with van der Waals surface area (Å²) >= 11 is 0. The first-order chi connectivity index (χ1) is 14.4. The molecule has 154 valence electrons. The number of aryl methyl sites for hydroxylation is 3. The lowest BCUT2D eigenvalue weighted by Gasteiger charge is -2.12. The van der Waals surface area contributed by atoms with Gasteiger partial charge < -0.3 is 29.5 Å². The first kappa shape index (κ1) is 19.5. The van der Waals surface area contributed by atoms with E-state index in [9.17, 15) is 20.3 Å². The minimum atomic E-state index is -0.495. The molecule has 0 saturated carbocycles. The molecule has 0 aliphatic rings. The molecule has 0 amide bonds. The number of hydrogen-bond acceptors (Lipinski definition) is 5. The first-order valence-electron chi connectivity index (χ1n) is 9.71. The van der Waals surface area contributed by atoms with Crippen molar-refractivity contribution in [3.63, 3.8) is 0 Å². The molecule has 0 atom stereocenters. The molecule has 2 aromatic heterocycles. The largest absolute Gasteiger partial charge is 0.508 e. The van der Waals surface area contributed by atoms with E-state index in [4.69, 9.17) is 0 Å². The summed E-state index contributed by atoms with van der Waals surface area (Å²) in [4.78, 5) is 14.1. The Labute approximate surface area is 172 Å². The molecule has 2 heterocycles. The van der Waals surface area contributed by atoms with Crippen molar-refractivity contribution in [3.8, 4) is 22.8 Å². The van der Waals surface area contributed by atoms with Crippen LogP contribution in [-0.4, -0.2) is 29.3 Å². The van der Waals surface area contributed by atoms with E-state index in [0.29, 0.717) is 6.54 Å². The van der Waals surface area contributed by atoms with Crippen LogP contribution >= 0.6 is 0 Å². The molecule has 8 heteroatoms. The third kappa shape index (κ3) is 3.71. The number of nitrogens with zero attached hydrogens (tertiary/aromatic N) is 4. The molecule has 8 nitrogen and oxygen atoms in total. The van der Waals surface area contributed by atoms with Gasteiger partial charge in [0.2, 0.25) is 6.33 Å². The molecule has 0 spiro atoms. The number of phenolic OH excluding ortho intramolecular Hbond substituents is 2. The van der Waals surface area contributed by atoms with E-state index in [1.165, 1.54) is 12.5 Å². The molecule has 0 aliphatic heterocycles. The van der Waals surface area contributed by atoms with Crippen molar-refractivity contribution in [3.05, 3.63) is 70.7 Å². The van der Waals surface area contributed by atoms with Crippen molar-refractivity contribution in [2.45, 2.75) is 32.9 Å². The van der Waals surface area contributed by atoms with Crippen LogP contribution in [0.2, 0.25) is 0 Å². The summed E-state index contributed by atoms with van der Waals surface area (Å²) in [6, 6.07) is 12.5. The third-order valence-electron chi connectivity index (χ3n) is 5.30. The van der Waals surface area contributed by atoms with Crippen LogP contribution in [0.5, 0.6) is 11.5 Å². The smallest absolute Gasteiger partial charge is 0.381 e. The number of benzene rings is 2. The highest BCUT2D eigenvalue weighted by molar-refractivity contribution is 5.92. The highest BCUT2D eigenvalue weighted by Crippen LogP contribution is 2.35. The van der Waals surface area contributed by atoms with Gasteiger partial charge in [0.15, 0.2) is 0 Å². The third-order valence-corrected chi connectivity index (χ3v) is 5.30. The Morgan fingerprint density at radius 2 is 1.73 bits per heavy atom. The monoisotopic (exact) mass is 406 g/mol. The van der Waals surface area contributed by atoms with Crippen molar-refractivity contribution in [1.29, 1.82) is 0 Å². The van der Waals surface area contributed by atoms with Gasteiger partial charge in [0.1, 0.15) is 17.7 Å². The number of hydrogen-bond donors (Lipinski definition) is 2. The minimum Gasteiger partial charge on any atom is -0.508 e. The van der Waals surface area contributed by atoms with Gasteiger partial charge in [-0.25, -0.2) is 0 Å². The number of aromatic nitrogens is 3. The molecule has 0 radical (unpaired) electrons. The highest BCUT2D eigenvalue weighted by atomic mass is 16.6. The van der Waals surface area contributed by atoms with E-state index >= 15 is 0 Å². The van der Waals surface area contributed by atoms with Crippen molar-refractivity contribution >= 4 is 16.7 Å². The Kier molecular flexibility index (Phi) is 5.14. The number of fused-ring (bicyclic) bond motifs is 1. The predicted octanol–water partition coefficient (Wildman–Crippen LogP) is 4.61. The highest BCUT2D eigenvalue weighted by Gasteiger charge is 2.16. The SMILES string of the molecule is Cc1c(-c2ccc(O)cc2)n(CCCCn2cnc([N+](=O)[O-])c2)c2ccc(O)cc12. The van der Waals surface area contributed by atoms with Crippen LogP contribution in [0.15, 0.2) is 55.0 Å². The Balaban J connectivity index is 1.59. The lowest BCUT2D eigenvalue weighted by molar-refractivity contribution is -0.389. The number of phenols is 2. The summed E-state index contributed by atoms with van der Waals surface area (Å²) in [5.41, 5.74) is 4.14. The number of rotatable bonds is 7. The average Bonchev–Trinajstić information content (AvgIpc) is 3.30. The summed E-state index contributed by atoms with van der Waals surface area (Å²) in [6.45, 7) is 3.43. The van der Waals surface area contributed by atoms with Crippen molar-refractivity contribution in [1.82, 2.24) is 14.1 Å². The average molecular weight is 406 g/mol. The molecule has 4 aromatic rings. The van der Waals surface area contributed by atoms with Gasteiger partial charge in [0.05, 0.1) is 5.69 Å². The molecule has 2 aromatic carbocycles. The Bertz CT molecular complexity index is 1210. The molecular weight excluding hydrogens is 384 g/mol. The summed E-state index contributed by atoms with van der Waals surface area (Å²) in [5.74, 6) is 0.296. The predicted molar refractivity (Wildman–Crippen MR) is 114 cm³/mol. The van der Waals surface area contributed by atoms with Crippen LogP contribution < -0.4 is 0 Å². The molecule has 0 saturated heterocycles. The molecule has 4 rings (SSSR count). The van der Waals surface area contributed by atoms with E-state index in [0.717, 1.165) is 47.1 Å². The van der Waals surface area contributed by atoms with Gasteiger partial charge >= 0.3 is 5.82 Å². The zero-order valence-corrected chi connectivity index (χ0v) is 16.5. The van der Waals surface area contributed by atoms with Crippen molar-refractivity contribution in [2.24, 2.45) is 0 Å². The van der Waals surface area contributed by atoms with Crippen LogP contribution in [-0.2, 0) is 13.1 Å². The molecular formula is C22H22N4O4. The van der Waals surface area contributed by atoms with Crippen LogP contribution in [0.1, 0.15) is 18.4 Å². The number of unbranched alkanes of at least 4 members (excludes halogenated alkanes) is 1. The van der Waals surface area contributed by atoms with E-state index in [2.05, 4.69) is 9.55 Å². The van der Waals surface area contributed by atoms with Gasteiger partial charge in [-0.15, -0.1) is 0 Å². The number of aromatic hydroxyl groups is 2. The molecule has 0 fully saturated rings. The lowest BCUT2D eigenvalue weighted by atomic mass is 10.1.